The Morgan fingerprint density at radius 1 is 1.00 bits per heavy atom. The van der Waals surface area contributed by atoms with Crippen LogP contribution < -0.4 is 24.8 Å². The molecule has 0 spiro atoms. The first-order valence-electron chi connectivity index (χ1n) is 9.03. The summed E-state index contributed by atoms with van der Waals surface area (Å²) in [6.45, 7) is 5.80. The molecule has 6 heteroatoms. The first kappa shape index (κ1) is 20.6. The van der Waals surface area contributed by atoms with E-state index in [1.807, 2.05) is 24.3 Å². The molecule has 0 saturated carbocycles. The van der Waals surface area contributed by atoms with Gasteiger partial charge in [-0.05, 0) is 49.4 Å². The van der Waals surface area contributed by atoms with E-state index in [9.17, 15) is 4.79 Å². The molecule has 2 rings (SSSR count). The molecular weight excluding hydrogens is 344 g/mol. The molecule has 0 saturated heterocycles. The van der Waals surface area contributed by atoms with Gasteiger partial charge in [-0.25, -0.2) is 0 Å². The highest BCUT2D eigenvalue weighted by Crippen LogP contribution is 2.29. The van der Waals surface area contributed by atoms with Crippen LogP contribution in [0.4, 0.5) is 5.69 Å². The predicted octanol–water partition coefficient (Wildman–Crippen LogP) is 3.72. The minimum Gasteiger partial charge on any atom is -0.496 e. The van der Waals surface area contributed by atoms with E-state index >= 15 is 0 Å². The summed E-state index contributed by atoms with van der Waals surface area (Å²) in [5.41, 5.74) is 1.03. The van der Waals surface area contributed by atoms with Crippen molar-refractivity contribution >= 4 is 11.6 Å². The molecule has 0 aliphatic rings. The summed E-state index contributed by atoms with van der Waals surface area (Å²) in [7, 11) is 3.04. The topological polar surface area (TPSA) is 68.8 Å². The van der Waals surface area contributed by atoms with E-state index in [2.05, 4.69) is 24.5 Å². The zero-order valence-electron chi connectivity index (χ0n) is 16.4. The molecule has 6 nitrogen and oxygen atoms in total. The normalized spacial score (nSPS) is 10.6. The Morgan fingerprint density at radius 3 is 2.19 bits per heavy atom. The third-order valence-corrected chi connectivity index (χ3v) is 3.91. The van der Waals surface area contributed by atoms with Crippen LogP contribution in [0.25, 0.3) is 0 Å². The molecule has 0 radical (unpaired) electrons. The van der Waals surface area contributed by atoms with Gasteiger partial charge < -0.3 is 24.8 Å². The largest absolute Gasteiger partial charge is 0.496 e. The van der Waals surface area contributed by atoms with Crippen LogP contribution in [0.5, 0.6) is 17.2 Å². The van der Waals surface area contributed by atoms with E-state index < -0.39 is 0 Å². The first-order chi connectivity index (χ1) is 13.0. The van der Waals surface area contributed by atoms with Gasteiger partial charge in [0.2, 0.25) is 0 Å². The van der Waals surface area contributed by atoms with Crippen LogP contribution in [0, 0.1) is 0 Å². The fraction of sp³-hybridized carbons (Fsp3) is 0.381. The van der Waals surface area contributed by atoms with Gasteiger partial charge in [0.25, 0.3) is 5.91 Å². The number of anilines is 1. The van der Waals surface area contributed by atoms with Crippen LogP contribution in [0.3, 0.4) is 0 Å². The lowest BCUT2D eigenvalue weighted by molar-refractivity contribution is 0.102. The van der Waals surface area contributed by atoms with Crippen molar-refractivity contribution in [2.24, 2.45) is 0 Å². The van der Waals surface area contributed by atoms with Crippen molar-refractivity contribution in [3.8, 4) is 17.2 Å². The SMILES string of the molecule is COc1cccc(OC)c1C(=O)Nc1ccc(OCCCNC(C)C)cc1. The van der Waals surface area contributed by atoms with E-state index in [0.717, 1.165) is 18.7 Å². The smallest absolute Gasteiger partial charge is 0.263 e. The number of hydrogen-bond acceptors (Lipinski definition) is 5. The van der Waals surface area contributed by atoms with Gasteiger partial charge >= 0.3 is 0 Å². The molecule has 0 aliphatic heterocycles. The molecule has 2 aromatic rings. The van der Waals surface area contributed by atoms with Crippen molar-refractivity contribution in [1.82, 2.24) is 5.32 Å². The summed E-state index contributed by atoms with van der Waals surface area (Å²) >= 11 is 0. The molecule has 27 heavy (non-hydrogen) atoms. The summed E-state index contributed by atoms with van der Waals surface area (Å²) in [6, 6.07) is 13.0. The monoisotopic (exact) mass is 372 g/mol. The average molecular weight is 372 g/mol. The minimum atomic E-state index is -0.294. The van der Waals surface area contributed by atoms with Gasteiger partial charge in [-0.1, -0.05) is 19.9 Å². The standard InChI is InChI=1S/C21H28N2O4/c1-15(2)22-13-6-14-27-17-11-9-16(10-12-17)23-21(24)20-18(25-3)7-5-8-19(20)26-4/h5,7-12,15,22H,6,13-14H2,1-4H3,(H,23,24). The van der Waals surface area contributed by atoms with E-state index in [4.69, 9.17) is 14.2 Å². The second-order valence-corrected chi connectivity index (χ2v) is 6.33. The molecule has 0 aliphatic carbocycles. The van der Waals surface area contributed by atoms with E-state index in [1.165, 1.54) is 14.2 Å². The second kappa shape index (κ2) is 10.4. The van der Waals surface area contributed by atoms with Crippen LogP contribution in [0.15, 0.2) is 42.5 Å². The Labute approximate surface area is 160 Å². The lowest BCUT2D eigenvalue weighted by Crippen LogP contribution is -2.24. The van der Waals surface area contributed by atoms with Gasteiger partial charge in [-0.15, -0.1) is 0 Å². The number of benzene rings is 2. The van der Waals surface area contributed by atoms with Crippen LogP contribution in [-0.2, 0) is 0 Å². The van der Waals surface area contributed by atoms with Crippen LogP contribution in [-0.4, -0.2) is 39.3 Å². The van der Waals surface area contributed by atoms with Gasteiger partial charge in [0, 0.05) is 11.7 Å². The highest BCUT2D eigenvalue weighted by Gasteiger charge is 2.18. The van der Waals surface area contributed by atoms with E-state index in [-0.39, 0.29) is 5.91 Å². The summed E-state index contributed by atoms with van der Waals surface area (Å²) in [6.07, 6.45) is 0.935. The Hall–Kier alpha value is -2.73. The van der Waals surface area contributed by atoms with Crippen molar-refractivity contribution in [1.29, 1.82) is 0 Å². The molecule has 0 heterocycles. The molecule has 2 N–H and O–H groups in total. The highest BCUT2D eigenvalue weighted by molar-refractivity contribution is 6.08. The fourth-order valence-corrected chi connectivity index (χ4v) is 2.56. The Balaban J connectivity index is 1.94. The van der Waals surface area contributed by atoms with Gasteiger partial charge in [0.15, 0.2) is 0 Å². The summed E-state index contributed by atoms with van der Waals surface area (Å²) in [4.78, 5) is 12.6. The number of nitrogens with one attached hydrogen (secondary N) is 2. The van der Waals surface area contributed by atoms with Crippen molar-refractivity contribution < 1.29 is 19.0 Å². The Morgan fingerprint density at radius 2 is 1.63 bits per heavy atom. The number of amides is 1. The van der Waals surface area contributed by atoms with Crippen molar-refractivity contribution in [3.05, 3.63) is 48.0 Å². The maximum atomic E-state index is 12.6. The number of carbonyl (C=O) groups is 1. The van der Waals surface area contributed by atoms with Gasteiger partial charge in [-0.3, -0.25) is 4.79 Å². The molecule has 0 aromatic heterocycles. The number of ether oxygens (including phenoxy) is 3. The molecule has 0 fully saturated rings. The molecule has 0 bridgehead atoms. The number of carbonyl (C=O) groups excluding carboxylic acids is 1. The molecular formula is C21H28N2O4. The summed E-state index contributed by atoms with van der Waals surface area (Å²) in [5.74, 6) is 1.40. The van der Waals surface area contributed by atoms with Gasteiger partial charge in [0.1, 0.15) is 22.8 Å². The zero-order valence-corrected chi connectivity index (χ0v) is 16.4. The fourth-order valence-electron chi connectivity index (χ4n) is 2.56. The highest BCUT2D eigenvalue weighted by atomic mass is 16.5. The van der Waals surface area contributed by atoms with Gasteiger partial charge in [-0.2, -0.15) is 0 Å². The Bertz CT molecular complexity index is 707. The summed E-state index contributed by atoms with van der Waals surface area (Å²) < 4.78 is 16.3. The number of hydrogen-bond donors (Lipinski definition) is 2. The Kier molecular flexibility index (Phi) is 7.95. The summed E-state index contributed by atoms with van der Waals surface area (Å²) in [5, 5.41) is 6.21. The first-order valence-corrected chi connectivity index (χ1v) is 9.03. The molecule has 2 aromatic carbocycles. The lowest BCUT2D eigenvalue weighted by Gasteiger charge is -2.13. The van der Waals surface area contributed by atoms with Crippen molar-refractivity contribution in [3.63, 3.8) is 0 Å². The number of rotatable bonds is 10. The molecule has 0 unspecified atom stereocenters. The molecule has 1 amide bonds. The van der Waals surface area contributed by atoms with Gasteiger partial charge in [0.05, 0.1) is 20.8 Å². The average Bonchev–Trinajstić information content (AvgIpc) is 2.67. The zero-order chi connectivity index (χ0) is 19.6. The van der Waals surface area contributed by atoms with Crippen LogP contribution in [0.2, 0.25) is 0 Å². The van der Waals surface area contributed by atoms with E-state index in [0.29, 0.717) is 35.4 Å². The quantitative estimate of drug-likeness (QED) is 0.622. The van der Waals surface area contributed by atoms with Crippen LogP contribution in [0.1, 0.15) is 30.6 Å². The maximum absolute atomic E-state index is 12.6. The number of methoxy groups -OCH3 is 2. The van der Waals surface area contributed by atoms with E-state index in [1.54, 1.807) is 18.2 Å². The predicted molar refractivity (Wildman–Crippen MR) is 107 cm³/mol. The lowest BCUT2D eigenvalue weighted by atomic mass is 10.1. The minimum absolute atomic E-state index is 0.294. The van der Waals surface area contributed by atoms with Crippen molar-refractivity contribution in [2.45, 2.75) is 26.3 Å². The second-order valence-electron chi connectivity index (χ2n) is 6.33. The molecule has 146 valence electrons. The molecule has 0 atom stereocenters. The maximum Gasteiger partial charge on any atom is 0.263 e. The third kappa shape index (κ3) is 6.18. The third-order valence-electron chi connectivity index (χ3n) is 3.91. The van der Waals surface area contributed by atoms with Crippen LogP contribution >= 0.6 is 0 Å². The van der Waals surface area contributed by atoms with Crippen molar-refractivity contribution in [2.75, 3.05) is 32.7 Å².